The number of benzene rings is 1. The summed E-state index contributed by atoms with van der Waals surface area (Å²) in [6, 6.07) is 7.47. The lowest BCUT2D eigenvalue weighted by molar-refractivity contribution is 0.131. The van der Waals surface area contributed by atoms with E-state index in [1.165, 1.54) is 0 Å². The highest BCUT2D eigenvalue weighted by Gasteiger charge is 2.21. The molecule has 134 valence electrons. The molecule has 1 heterocycles. The summed E-state index contributed by atoms with van der Waals surface area (Å²) in [7, 11) is 0. The van der Waals surface area contributed by atoms with Gasteiger partial charge < -0.3 is 4.74 Å². The molecule has 0 saturated heterocycles. The Kier molecular flexibility index (Phi) is 5.27. The van der Waals surface area contributed by atoms with Gasteiger partial charge in [0.2, 0.25) is 4.77 Å². The van der Waals surface area contributed by atoms with E-state index in [0.717, 1.165) is 16.0 Å². The Bertz CT molecular complexity index is 882. The van der Waals surface area contributed by atoms with Gasteiger partial charge in [-0.2, -0.15) is 14.9 Å². The highest BCUT2D eigenvalue weighted by molar-refractivity contribution is 7.71. The molecule has 0 saturated carbocycles. The molecule has 1 aromatic heterocycles. The summed E-state index contributed by atoms with van der Waals surface area (Å²) in [6.07, 6.45) is 1.58. The molecule has 0 unspecified atom stereocenters. The molecule has 2 aromatic rings. The minimum Gasteiger partial charge on any atom is -0.488 e. The number of hydrogen-bond donors (Lipinski definition) is 1. The molecule has 6 nitrogen and oxygen atoms in total. The van der Waals surface area contributed by atoms with Crippen molar-refractivity contribution in [3.8, 4) is 5.75 Å². The molecule has 0 amide bonds. The van der Waals surface area contributed by atoms with Crippen molar-refractivity contribution in [1.82, 2.24) is 14.9 Å². The van der Waals surface area contributed by atoms with Crippen LogP contribution < -0.4 is 10.3 Å². The Labute approximate surface area is 152 Å². The van der Waals surface area contributed by atoms with Crippen molar-refractivity contribution in [2.45, 2.75) is 52.6 Å². The van der Waals surface area contributed by atoms with Gasteiger partial charge in [0.25, 0.3) is 5.56 Å². The Hall–Kier alpha value is -2.28. The lowest BCUT2D eigenvalue weighted by Gasteiger charge is -2.21. The molecule has 2 rings (SSSR count). The first-order chi connectivity index (χ1) is 11.5. The van der Waals surface area contributed by atoms with Crippen molar-refractivity contribution in [3.63, 3.8) is 0 Å². The van der Waals surface area contributed by atoms with E-state index in [2.05, 4.69) is 15.3 Å². The monoisotopic (exact) mass is 360 g/mol. The summed E-state index contributed by atoms with van der Waals surface area (Å²) in [6.45, 7) is 11.7. The predicted molar refractivity (Wildman–Crippen MR) is 102 cm³/mol. The van der Waals surface area contributed by atoms with Crippen LogP contribution in [0.25, 0.3) is 0 Å². The Morgan fingerprint density at radius 3 is 2.28 bits per heavy atom. The molecule has 0 atom stereocenters. The van der Waals surface area contributed by atoms with Crippen LogP contribution in [0.5, 0.6) is 5.75 Å². The Morgan fingerprint density at radius 1 is 1.16 bits per heavy atom. The molecule has 1 aromatic carbocycles. The summed E-state index contributed by atoms with van der Waals surface area (Å²) >= 11 is 5.13. The van der Waals surface area contributed by atoms with Crippen LogP contribution >= 0.6 is 12.2 Å². The minimum absolute atomic E-state index is 0.155. The molecule has 0 bridgehead atoms. The number of ether oxygens (including phenoxy) is 1. The Balaban J connectivity index is 2.31. The fraction of sp³-hybridized carbons (Fsp3) is 0.444. The zero-order chi connectivity index (χ0) is 18.8. The standard InChI is InChI=1S/C18H24N4O2S/c1-17(2,3)14-15(23)22(16(25)21-20-14)19-11-12-7-9-13(10-8-12)24-18(4,5)6/h7-11H,1-6H3,(H,21,25)/b19-11-. The molecule has 0 aliphatic carbocycles. The smallest absolute Gasteiger partial charge is 0.297 e. The maximum absolute atomic E-state index is 12.5. The lowest BCUT2D eigenvalue weighted by atomic mass is 9.93. The normalized spacial score (nSPS) is 12.6. The second-order valence-electron chi connectivity index (χ2n) is 7.77. The average molecular weight is 360 g/mol. The summed E-state index contributed by atoms with van der Waals surface area (Å²) in [5, 5.41) is 11.0. The van der Waals surface area contributed by atoms with Gasteiger partial charge >= 0.3 is 0 Å². The van der Waals surface area contributed by atoms with Crippen molar-refractivity contribution in [2.24, 2.45) is 5.10 Å². The molecule has 0 fully saturated rings. The van der Waals surface area contributed by atoms with Gasteiger partial charge in [0.05, 0.1) is 6.21 Å². The summed E-state index contributed by atoms with van der Waals surface area (Å²) in [5.41, 5.74) is 0.236. The first kappa shape index (κ1) is 19.1. The maximum Gasteiger partial charge on any atom is 0.297 e. The number of aromatic amines is 1. The van der Waals surface area contributed by atoms with E-state index in [0.29, 0.717) is 5.69 Å². The van der Waals surface area contributed by atoms with E-state index >= 15 is 0 Å². The predicted octanol–water partition coefficient (Wildman–Crippen LogP) is 3.66. The number of H-pyrrole nitrogens is 1. The SMILES string of the molecule is CC(C)(C)Oc1ccc(/C=N\n2c(=S)[nH]nc(C(C)(C)C)c2=O)cc1. The van der Waals surface area contributed by atoms with E-state index in [1.807, 2.05) is 65.8 Å². The maximum atomic E-state index is 12.5. The number of nitrogens with zero attached hydrogens (tertiary/aromatic N) is 3. The molecule has 1 N–H and O–H groups in total. The van der Waals surface area contributed by atoms with Gasteiger partial charge in [-0.05, 0) is 62.8 Å². The van der Waals surface area contributed by atoms with Crippen LogP contribution in [-0.2, 0) is 5.41 Å². The van der Waals surface area contributed by atoms with Gasteiger partial charge in [-0.1, -0.05) is 20.8 Å². The highest BCUT2D eigenvalue weighted by atomic mass is 32.1. The van der Waals surface area contributed by atoms with E-state index < -0.39 is 5.41 Å². The zero-order valence-electron chi connectivity index (χ0n) is 15.5. The first-order valence-electron chi connectivity index (χ1n) is 8.03. The van der Waals surface area contributed by atoms with E-state index in [-0.39, 0.29) is 15.9 Å². The number of nitrogens with one attached hydrogen (secondary N) is 1. The first-order valence-corrected chi connectivity index (χ1v) is 8.44. The molecular weight excluding hydrogens is 336 g/mol. The van der Waals surface area contributed by atoms with Crippen LogP contribution in [0.3, 0.4) is 0 Å². The zero-order valence-corrected chi connectivity index (χ0v) is 16.3. The second-order valence-corrected chi connectivity index (χ2v) is 8.16. The van der Waals surface area contributed by atoms with Crippen LogP contribution in [0.1, 0.15) is 52.8 Å². The van der Waals surface area contributed by atoms with E-state index in [4.69, 9.17) is 17.0 Å². The van der Waals surface area contributed by atoms with Crippen molar-refractivity contribution in [3.05, 3.63) is 50.6 Å². The van der Waals surface area contributed by atoms with Gasteiger partial charge in [-0.25, -0.2) is 0 Å². The number of rotatable bonds is 3. The second kappa shape index (κ2) is 6.92. The van der Waals surface area contributed by atoms with Crippen molar-refractivity contribution in [2.75, 3.05) is 0 Å². The van der Waals surface area contributed by atoms with Gasteiger partial charge in [-0.3, -0.25) is 9.89 Å². The molecule has 25 heavy (non-hydrogen) atoms. The molecule has 0 aliphatic heterocycles. The fourth-order valence-electron chi connectivity index (χ4n) is 2.08. The third-order valence-electron chi connectivity index (χ3n) is 3.19. The molecule has 7 heteroatoms. The summed E-state index contributed by atoms with van der Waals surface area (Å²) in [4.78, 5) is 12.5. The van der Waals surface area contributed by atoms with Crippen molar-refractivity contribution in [1.29, 1.82) is 0 Å². The van der Waals surface area contributed by atoms with E-state index in [9.17, 15) is 4.79 Å². The van der Waals surface area contributed by atoms with Crippen LogP contribution in [0.4, 0.5) is 0 Å². The van der Waals surface area contributed by atoms with Crippen LogP contribution in [0.15, 0.2) is 34.2 Å². The number of hydrogen-bond acceptors (Lipinski definition) is 5. The third kappa shape index (κ3) is 5.09. The van der Waals surface area contributed by atoms with Crippen LogP contribution in [0, 0.1) is 4.77 Å². The summed E-state index contributed by atoms with van der Waals surface area (Å²) < 4.78 is 7.09. The molecule has 0 radical (unpaired) electrons. The van der Waals surface area contributed by atoms with Crippen molar-refractivity contribution >= 4 is 18.4 Å². The van der Waals surface area contributed by atoms with E-state index in [1.54, 1.807) is 6.21 Å². The molecule has 0 spiro atoms. The number of aromatic nitrogens is 3. The summed E-state index contributed by atoms with van der Waals surface area (Å²) in [5.74, 6) is 0.776. The van der Waals surface area contributed by atoms with Crippen LogP contribution in [0.2, 0.25) is 0 Å². The average Bonchev–Trinajstić information content (AvgIpc) is 2.45. The largest absolute Gasteiger partial charge is 0.488 e. The fourth-order valence-corrected chi connectivity index (χ4v) is 2.26. The molecule has 0 aliphatic rings. The van der Waals surface area contributed by atoms with Gasteiger partial charge in [-0.15, -0.1) is 0 Å². The van der Waals surface area contributed by atoms with Crippen LogP contribution in [-0.4, -0.2) is 26.7 Å². The topological polar surface area (TPSA) is 72.3 Å². The quantitative estimate of drug-likeness (QED) is 0.670. The highest BCUT2D eigenvalue weighted by Crippen LogP contribution is 2.18. The van der Waals surface area contributed by atoms with Gasteiger partial charge in [0.15, 0.2) is 0 Å². The van der Waals surface area contributed by atoms with Gasteiger partial charge in [0.1, 0.15) is 17.0 Å². The minimum atomic E-state index is -0.403. The molecular formula is C18H24N4O2S. The Morgan fingerprint density at radius 2 is 1.76 bits per heavy atom. The third-order valence-corrected chi connectivity index (χ3v) is 3.45. The lowest BCUT2D eigenvalue weighted by Crippen LogP contribution is -2.32. The van der Waals surface area contributed by atoms with Crippen molar-refractivity contribution < 1.29 is 4.74 Å². The van der Waals surface area contributed by atoms with Gasteiger partial charge in [0, 0.05) is 5.41 Å².